The van der Waals surface area contributed by atoms with Crippen LogP contribution in [0.5, 0.6) is 0 Å². The van der Waals surface area contributed by atoms with E-state index in [1.54, 1.807) is 0 Å². The summed E-state index contributed by atoms with van der Waals surface area (Å²) in [6, 6.07) is 7.70. The molecule has 0 aliphatic carbocycles. The van der Waals surface area contributed by atoms with Crippen molar-refractivity contribution in [1.29, 1.82) is 0 Å². The summed E-state index contributed by atoms with van der Waals surface area (Å²) >= 11 is 3.39. The number of hydrogen-bond acceptors (Lipinski definition) is 5. The number of benzene rings is 1. The van der Waals surface area contributed by atoms with Crippen LogP contribution in [0.25, 0.3) is 11.4 Å². The topological polar surface area (TPSA) is 106 Å². The molecule has 7 nitrogen and oxygen atoms in total. The summed E-state index contributed by atoms with van der Waals surface area (Å²) in [4.78, 5) is 16.6. The van der Waals surface area contributed by atoms with E-state index in [0.717, 1.165) is 10.0 Å². The fraction of sp³-hybridized carbons (Fsp3) is 0.400. The van der Waals surface area contributed by atoms with Crippen molar-refractivity contribution in [2.45, 2.75) is 24.9 Å². The lowest BCUT2D eigenvalue weighted by atomic mass is 9.90. The third kappa shape index (κ3) is 3.77. The minimum absolute atomic E-state index is 0.178. The number of carbonyl (C=O) groups is 1. The Morgan fingerprint density at radius 3 is 2.74 bits per heavy atom. The first-order chi connectivity index (χ1) is 11.1. The molecular weight excluding hydrogens is 362 g/mol. The lowest BCUT2D eigenvalue weighted by molar-refractivity contribution is -0.129. The smallest absolute Gasteiger partial charge is 0.240 e. The molecular formula is C15H18BrN5O2. The van der Waals surface area contributed by atoms with Gasteiger partial charge in [-0.1, -0.05) is 28.1 Å². The summed E-state index contributed by atoms with van der Waals surface area (Å²) in [5, 5.41) is 9.83. The summed E-state index contributed by atoms with van der Waals surface area (Å²) < 4.78 is 6.24. The van der Waals surface area contributed by atoms with Gasteiger partial charge in [0.1, 0.15) is 5.82 Å². The fourth-order valence-electron chi connectivity index (χ4n) is 2.41. The number of nitrogens with zero attached hydrogens (tertiary/aromatic N) is 2. The molecule has 1 aromatic heterocycles. The predicted molar refractivity (Wildman–Crippen MR) is 88.3 cm³/mol. The number of nitrogens with one attached hydrogen (secondary N) is 2. The SMILES string of the molecule is NC1(C(=O)NCc2nc(-c3ccc(Br)cc3)n[nH]2)CCOCC1. The molecule has 0 bridgehead atoms. The van der Waals surface area contributed by atoms with Gasteiger partial charge in [-0.25, -0.2) is 4.98 Å². The summed E-state index contributed by atoms with van der Waals surface area (Å²) in [5.41, 5.74) is 6.18. The van der Waals surface area contributed by atoms with E-state index in [1.165, 1.54) is 0 Å². The van der Waals surface area contributed by atoms with Crippen LogP contribution in [0.4, 0.5) is 0 Å². The van der Waals surface area contributed by atoms with Gasteiger partial charge in [0.15, 0.2) is 5.82 Å². The first-order valence-corrected chi connectivity index (χ1v) is 8.18. The Balaban J connectivity index is 1.61. The van der Waals surface area contributed by atoms with Crippen LogP contribution in [-0.2, 0) is 16.1 Å². The van der Waals surface area contributed by atoms with Crippen LogP contribution in [0.1, 0.15) is 18.7 Å². The monoisotopic (exact) mass is 379 g/mol. The van der Waals surface area contributed by atoms with Crippen molar-refractivity contribution in [3.8, 4) is 11.4 Å². The number of amides is 1. The maximum atomic E-state index is 12.2. The first kappa shape index (κ1) is 16.1. The van der Waals surface area contributed by atoms with E-state index in [0.29, 0.717) is 37.7 Å². The zero-order chi connectivity index (χ0) is 16.3. The number of rotatable bonds is 4. The zero-order valence-electron chi connectivity index (χ0n) is 12.5. The molecule has 1 aliphatic rings. The third-order valence-corrected chi connectivity index (χ3v) is 4.42. The van der Waals surface area contributed by atoms with Gasteiger partial charge in [-0.05, 0) is 25.0 Å². The van der Waals surface area contributed by atoms with Crippen LogP contribution in [0.3, 0.4) is 0 Å². The Kier molecular flexibility index (Phi) is 4.74. The minimum atomic E-state index is -0.854. The second-order valence-electron chi connectivity index (χ2n) is 5.56. The Morgan fingerprint density at radius 2 is 2.04 bits per heavy atom. The summed E-state index contributed by atoms with van der Waals surface area (Å²) in [6.07, 6.45) is 1.05. The molecule has 1 amide bonds. The molecule has 0 unspecified atom stereocenters. The fourth-order valence-corrected chi connectivity index (χ4v) is 2.67. The van der Waals surface area contributed by atoms with Crippen LogP contribution < -0.4 is 11.1 Å². The van der Waals surface area contributed by atoms with Crippen LogP contribution in [-0.4, -0.2) is 39.8 Å². The number of hydrogen-bond donors (Lipinski definition) is 3. The Bertz CT molecular complexity index is 679. The highest BCUT2D eigenvalue weighted by molar-refractivity contribution is 9.10. The molecule has 2 heterocycles. The van der Waals surface area contributed by atoms with Crippen molar-refractivity contribution in [3.63, 3.8) is 0 Å². The zero-order valence-corrected chi connectivity index (χ0v) is 14.1. The lowest BCUT2D eigenvalue weighted by Crippen LogP contribution is -2.56. The van der Waals surface area contributed by atoms with E-state index < -0.39 is 5.54 Å². The molecule has 8 heteroatoms. The van der Waals surface area contributed by atoms with Gasteiger partial charge in [0.25, 0.3) is 0 Å². The minimum Gasteiger partial charge on any atom is -0.381 e. The van der Waals surface area contributed by atoms with E-state index in [-0.39, 0.29) is 12.5 Å². The van der Waals surface area contributed by atoms with E-state index in [2.05, 4.69) is 36.4 Å². The number of aromatic amines is 1. The second kappa shape index (κ2) is 6.77. The summed E-state index contributed by atoms with van der Waals surface area (Å²) in [6.45, 7) is 1.29. The molecule has 1 aliphatic heterocycles. The molecule has 0 atom stereocenters. The number of aromatic nitrogens is 3. The number of nitrogens with two attached hydrogens (primary N) is 1. The molecule has 2 aromatic rings. The third-order valence-electron chi connectivity index (χ3n) is 3.89. The Labute approximate surface area is 142 Å². The van der Waals surface area contributed by atoms with Gasteiger partial charge in [0, 0.05) is 23.2 Å². The number of carbonyl (C=O) groups excluding carboxylic acids is 1. The number of ether oxygens (including phenoxy) is 1. The van der Waals surface area contributed by atoms with Crippen molar-refractivity contribution in [1.82, 2.24) is 20.5 Å². The molecule has 1 saturated heterocycles. The summed E-state index contributed by atoms with van der Waals surface area (Å²) in [7, 11) is 0. The van der Waals surface area contributed by atoms with E-state index in [4.69, 9.17) is 10.5 Å². The van der Waals surface area contributed by atoms with Crippen LogP contribution >= 0.6 is 15.9 Å². The molecule has 0 radical (unpaired) electrons. The lowest BCUT2D eigenvalue weighted by Gasteiger charge is -2.31. The van der Waals surface area contributed by atoms with E-state index in [1.807, 2.05) is 24.3 Å². The van der Waals surface area contributed by atoms with Crippen molar-refractivity contribution < 1.29 is 9.53 Å². The van der Waals surface area contributed by atoms with Crippen molar-refractivity contribution in [3.05, 3.63) is 34.6 Å². The largest absolute Gasteiger partial charge is 0.381 e. The standard InChI is InChI=1S/C15H18BrN5O2/c16-11-3-1-10(2-4-11)13-19-12(20-21-13)9-18-14(22)15(17)5-7-23-8-6-15/h1-4H,5-9,17H2,(H,18,22)(H,19,20,21). The van der Waals surface area contributed by atoms with Gasteiger partial charge in [-0.2, -0.15) is 5.10 Å². The van der Waals surface area contributed by atoms with Crippen molar-refractivity contribution in [2.75, 3.05) is 13.2 Å². The molecule has 1 aromatic carbocycles. The molecule has 3 rings (SSSR count). The highest BCUT2D eigenvalue weighted by atomic mass is 79.9. The van der Waals surface area contributed by atoms with Gasteiger partial charge < -0.3 is 15.8 Å². The van der Waals surface area contributed by atoms with E-state index in [9.17, 15) is 4.79 Å². The Hall–Kier alpha value is -1.77. The Morgan fingerprint density at radius 1 is 1.35 bits per heavy atom. The van der Waals surface area contributed by atoms with Crippen molar-refractivity contribution >= 4 is 21.8 Å². The summed E-state index contributed by atoms with van der Waals surface area (Å²) in [5.74, 6) is 1.00. The van der Waals surface area contributed by atoms with Crippen molar-refractivity contribution in [2.24, 2.45) is 5.73 Å². The normalized spacial score (nSPS) is 17.0. The first-order valence-electron chi connectivity index (χ1n) is 7.39. The van der Waals surface area contributed by atoms with Crippen LogP contribution in [0.15, 0.2) is 28.7 Å². The van der Waals surface area contributed by atoms with E-state index >= 15 is 0 Å². The quantitative estimate of drug-likeness (QED) is 0.743. The maximum absolute atomic E-state index is 12.2. The van der Waals surface area contributed by atoms with Gasteiger partial charge >= 0.3 is 0 Å². The maximum Gasteiger partial charge on any atom is 0.240 e. The molecule has 4 N–H and O–H groups in total. The second-order valence-corrected chi connectivity index (χ2v) is 6.48. The average Bonchev–Trinajstić information content (AvgIpc) is 3.03. The predicted octanol–water partition coefficient (Wildman–Crippen LogP) is 1.36. The number of halogens is 1. The van der Waals surface area contributed by atoms with Gasteiger partial charge in [0.2, 0.25) is 5.91 Å². The number of H-pyrrole nitrogens is 1. The molecule has 0 spiro atoms. The highest BCUT2D eigenvalue weighted by Gasteiger charge is 2.35. The van der Waals surface area contributed by atoms with Crippen LogP contribution in [0.2, 0.25) is 0 Å². The molecule has 1 fully saturated rings. The van der Waals surface area contributed by atoms with Gasteiger partial charge in [-0.15, -0.1) is 0 Å². The van der Waals surface area contributed by atoms with Gasteiger partial charge in [-0.3, -0.25) is 9.89 Å². The molecule has 23 heavy (non-hydrogen) atoms. The van der Waals surface area contributed by atoms with Gasteiger partial charge in [0.05, 0.1) is 12.1 Å². The highest BCUT2D eigenvalue weighted by Crippen LogP contribution is 2.19. The van der Waals surface area contributed by atoms with Crippen LogP contribution in [0, 0.1) is 0 Å². The molecule has 122 valence electrons. The average molecular weight is 380 g/mol. The molecule has 0 saturated carbocycles.